The van der Waals surface area contributed by atoms with Gasteiger partial charge in [0.15, 0.2) is 0 Å². The molecule has 0 spiro atoms. The van der Waals surface area contributed by atoms with Crippen molar-refractivity contribution in [3.8, 4) is 0 Å². The predicted molar refractivity (Wildman–Crippen MR) is 69.5 cm³/mol. The molecular formula is C14H27NO. The molecule has 0 heterocycles. The van der Waals surface area contributed by atoms with Crippen molar-refractivity contribution in [1.29, 1.82) is 0 Å². The topological polar surface area (TPSA) is 32.3 Å². The zero-order valence-corrected chi connectivity index (χ0v) is 10.7. The van der Waals surface area contributed by atoms with Gasteiger partial charge in [0.05, 0.1) is 5.60 Å². The maximum Gasteiger partial charge on any atom is 0.0771 e. The first kappa shape index (κ1) is 13.7. The number of rotatable bonds is 8. The second kappa shape index (κ2) is 7.08. The highest BCUT2D eigenvalue weighted by molar-refractivity contribution is 4.87. The molecule has 0 amide bonds. The molecule has 1 rings (SSSR count). The van der Waals surface area contributed by atoms with Crippen molar-refractivity contribution in [2.24, 2.45) is 0 Å². The zero-order chi connectivity index (χ0) is 11.9. The molecule has 0 aromatic carbocycles. The summed E-state index contributed by atoms with van der Waals surface area (Å²) in [6.07, 6.45) is 10.9. The fourth-order valence-corrected chi connectivity index (χ4v) is 2.56. The summed E-state index contributed by atoms with van der Waals surface area (Å²) in [7, 11) is 0. The number of nitrogens with one attached hydrogen (secondary N) is 1. The van der Waals surface area contributed by atoms with Gasteiger partial charge in [0.25, 0.3) is 0 Å². The summed E-state index contributed by atoms with van der Waals surface area (Å²) in [6, 6.07) is 0.549. The summed E-state index contributed by atoms with van der Waals surface area (Å²) < 4.78 is 0. The van der Waals surface area contributed by atoms with Gasteiger partial charge in [-0.25, -0.2) is 0 Å². The Morgan fingerprint density at radius 2 is 2.06 bits per heavy atom. The van der Waals surface area contributed by atoms with Crippen LogP contribution in [-0.2, 0) is 0 Å². The summed E-state index contributed by atoms with van der Waals surface area (Å²) >= 11 is 0. The highest BCUT2D eigenvalue weighted by Gasteiger charge is 2.31. The Bertz CT molecular complexity index is 197. The minimum absolute atomic E-state index is 0.416. The molecule has 0 aromatic rings. The molecule has 1 saturated carbocycles. The van der Waals surface area contributed by atoms with Crippen molar-refractivity contribution in [3.63, 3.8) is 0 Å². The van der Waals surface area contributed by atoms with Crippen LogP contribution in [0.25, 0.3) is 0 Å². The number of allylic oxidation sites excluding steroid dienone is 1. The first-order valence-corrected chi connectivity index (χ1v) is 6.77. The van der Waals surface area contributed by atoms with Gasteiger partial charge in [0, 0.05) is 12.6 Å². The fourth-order valence-electron chi connectivity index (χ4n) is 2.56. The van der Waals surface area contributed by atoms with Gasteiger partial charge in [0.1, 0.15) is 0 Å². The van der Waals surface area contributed by atoms with Gasteiger partial charge >= 0.3 is 0 Å². The van der Waals surface area contributed by atoms with Crippen LogP contribution in [0.3, 0.4) is 0 Å². The Labute approximate surface area is 100 Å². The lowest BCUT2D eigenvalue weighted by Crippen LogP contribution is -2.42. The summed E-state index contributed by atoms with van der Waals surface area (Å²) in [5.74, 6) is 0. The van der Waals surface area contributed by atoms with Gasteiger partial charge in [0.2, 0.25) is 0 Å². The molecule has 2 nitrogen and oxygen atoms in total. The highest BCUT2D eigenvalue weighted by Crippen LogP contribution is 2.28. The lowest BCUT2D eigenvalue weighted by atomic mass is 10.0. The SMILES string of the molecule is C=CCCC(CCC)NCC1(O)CCCC1. The van der Waals surface area contributed by atoms with Gasteiger partial charge in [-0.05, 0) is 32.1 Å². The Kier molecular flexibility index (Phi) is 6.07. The highest BCUT2D eigenvalue weighted by atomic mass is 16.3. The summed E-state index contributed by atoms with van der Waals surface area (Å²) in [4.78, 5) is 0. The van der Waals surface area contributed by atoms with E-state index >= 15 is 0 Å². The zero-order valence-electron chi connectivity index (χ0n) is 10.7. The van der Waals surface area contributed by atoms with E-state index in [9.17, 15) is 5.11 Å². The quantitative estimate of drug-likeness (QED) is 0.622. The first-order valence-electron chi connectivity index (χ1n) is 6.77. The summed E-state index contributed by atoms with van der Waals surface area (Å²) in [6.45, 7) is 6.75. The van der Waals surface area contributed by atoms with Crippen LogP contribution >= 0.6 is 0 Å². The molecule has 0 aliphatic heterocycles. The van der Waals surface area contributed by atoms with E-state index in [0.29, 0.717) is 6.04 Å². The van der Waals surface area contributed by atoms with Gasteiger partial charge in [-0.2, -0.15) is 0 Å². The molecule has 0 bridgehead atoms. The second-order valence-electron chi connectivity index (χ2n) is 5.16. The Morgan fingerprint density at radius 3 is 2.62 bits per heavy atom. The molecule has 0 saturated heterocycles. The average molecular weight is 225 g/mol. The Morgan fingerprint density at radius 1 is 1.38 bits per heavy atom. The summed E-state index contributed by atoms with van der Waals surface area (Å²) in [5.41, 5.74) is -0.416. The van der Waals surface area contributed by atoms with Crippen molar-refractivity contribution < 1.29 is 5.11 Å². The molecule has 1 aliphatic rings. The van der Waals surface area contributed by atoms with E-state index in [2.05, 4.69) is 18.8 Å². The van der Waals surface area contributed by atoms with Gasteiger partial charge in [-0.3, -0.25) is 0 Å². The van der Waals surface area contributed by atoms with Crippen molar-refractivity contribution in [2.45, 2.75) is 69.9 Å². The van der Waals surface area contributed by atoms with E-state index in [0.717, 1.165) is 32.2 Å². The first-order chi connectivity index (χ1) is 7.70. The molecule has 1 unspecified atom stereocenters. The molecule has 16 heavy (non-hydrogen) atoms. The smallest absolute Gasteiger partial charge is 0.0771 e. The van der Waals surface area contributed by atoms with Crippen molar-refractivity contribution in [3.05, 3.63) is 12.7 Å². The van der Waals surface area contributed by atoms with Gasteiger partial charge in [-0.15, -0.1) is 6.58 Å². The van der Waals surface area contributed by atoms with Crippen LogP contribution in [0.5, 0.6) is 0 Å². The van der Waals surface area contributed by atoms with Crippen molar-refractivity contribution in [1.82, 2.24) is 5.32 Å². The molecule has 1 fully saturated rings. The van der Waals surface area contributed by atoms with E-state index in [-0.39, 0.29) is 0 Å². The number of hydrogen-bond donors (Lipinski definition) is 2. The van der Waals surface area contributed by atoms with E-state index in [4.69, 9.17) is 0 Å². The normalized spacial score (nSPS) is 20.9. The molecule has 2 N–H and O–H groups in total. The van der Waals surface area contributed by atoms with E-state index in [1.54, 1.807) is 0 Å². The lowest BCUT2D eigenvalue weighted by Gasteiger charge is -2.26. The van der Waals surface area contributed by atoms with Crippen molar-refractivity contribution >= 4 is 0 Å². The van der Waals surface area contributed by atoms with Crippen molar-refractivity contribution in [2.75, 3.05) is 6.54 Å². The Hall–Kier alpha value is -0.340. The number of hydrogen-bond acceptors (Lipinski definition) is 2. The van der Waals surface area contributed by atoms with E-state index < -0.39 is 5.60 Å². The maximum absolute atomic E-state index is 10.3. The molecule has 0 radical (unpaired) electrons. The van der Waals surface area contributed by atoms with Crippen LogP contribution in [0.2, 0.25) is 0 Å². The van der Waals surface area contributed by atoms with E-state index in [1.165, 1.54) is 25.7 Å². The minimum Gasteiger partial charge on any atom is -0.389 e. The third-order valence-electron chi connectivity index (χ3n) is 3.61. The number of aliphatic hydroxyl groups is 1. The van der Waals surface area contributed by atoms with Crippen LogP contribution in [0.4, 0.5) is 0 Å². The molecule has 1 aliphatic carbocycles. The van der Waals surface area contributed by atoms with Crippen LogP contribution in [0, 0.1) is 0 Å². The fraction of sp³-hybridized carbons (Fsp3) is 0.857. The van der Waals surface area contributed by atoms with Crippen LogP contribution in [-0.4, -0.2) is 23.3 Å². The maximum atomic E-state index is 10.3. The molecular weight excluding hydrogens is 198 g/mol. The predicted octanol–water partition coefficient (Wildman–Crippen LogP) is 3.02. The van der Waals surface area contributed by atoms with Crippen LogP contribution in [0.15, 0.2) is 12.7 Å². The second-order valence-corrected chi connectivity index (χ2v) is 5.16. The third-order valence-corrected chi connectivity index (χ3v) is 3.61. The molecule has 94 valence electrons. The largest absolute Gasteiger partial charge is 0.389 e. The van der Waals surface area contributed by atoms with Gasteiger partial charge in [-0.1, -0.05) is 32.3 Å². The van der Waals surface area contributed by atoms with Gasteiger partial charge < -0.3 is 10.4 Å². The standard InChI is InChI=1S/C14H27NO/c1-3-5-9-13(8-4-2)15-12-14(16)10-6-7-11-14/h3,13,15-16H,1,4-12H2,2H3. The van der Waals surface area contributed by atoms with E-state index in [1.807, 2.05) is 6.08 Å². The molecule has 2 heteroatoms. The Balaban J connectivity index is 2.27. The third kappa shape index (κ3) is 4.67. The monoisotopic (exact) mass is 225 g/mol. The van der Waals surface area contributed by atoms with Crippen LogP contribution < -0.4 is 5.32 Å². The van der Waals surface area contributed by atoms with Crippen LogP contribution in [0.1, 0.15) is 58.3 Å². The summed E-state index contributed by atoms with van der Waals surface area (Å²) in [5, 5.41) is 13.8. The minimum atomic E-state index is -0.416. The lowest BCUT2D eigenvalue weighted by molar-refractivity contribution is 0.0442. The molecule has 1 atom stereocenters. The average Bonchev–Trinajstić information content (AvgIpc) is 2.70. The molecule has 0 aromatic heterocycles.